The quantitative estimate of drug-likeness (QED) is 0.523. The van der Waals surface area contributed by atoms with E-state index in [1.165, 1.54) is 6.92 Å². The molecule has 6 nitrogen and oxygen atoms in total. The number of ether oxygens (including phenoxy) is 1. The topological polar surface area (TPSA) is 70.7 Å². The second-order valence-corrected chi connectivity index (χ2v) is 5.33. The van der Waals surface area contributed by atoms with E-state index in [2.05, 4.69) is 15.5 Å². The number of rotatable bonds is 8. The molecule has 0 saturated carbocycles. The lowest BCUT2D eigenvalue weighted by molar-refractivity contribution is -0.130. The molecule has 1 atom stereocenters. The van der Waals surface area contributed by atoms with Gasteiger partial charge in [-0.15, -0.1) is 0 Å². The lowest BCUT2D eigenvalue weighted by Gasteiger charge is -2.22. The van der Waals surface area contributed by atoms with Crippen molar-refractivity contribution in [2.24, 2.45) is 5.92 Å². The fraction of sp³-hybridized carbons (Fsp3) is 0.667. The van der Waals surface area contributed by atoms with Crippen molar-refractivity contribution in [1.82, 2.24) is 15.5 Å². The Labute approximate surface area is 147 Å². The van der Waals surface area contributed by atoms with E-state index in [1.807, 2.05) is 47.9 Å². The summed E-state index contributed by atoms with van der Waals surface area (Å²) in [6.07, 6.45) is 1.84. The van der Waals surface area contributed by atoms with Gasteiger partial charge in [0.15, 0.2) is 0 Å². The Morgan fingerprint density at radius 3 is 2.17 bits per heavy atom. The molecule has 0 aromatic rings. The Morgan fingerprint density at radius 2 is 1.75 bits per heavy atom. The van der Waals surface area contributed by atoms with Crippen LogP contribution in [0.3, 0.4) is 0 Å². The standard InChI is InChI=1S/C16H29N3O3.C2H6/c1-11(12(2)16(21)18-14(4)20)10-15(22-7)13(3)19(6)9-8-17-5;1-2/h10,12,17H,8-9H2,1-7H3,(H,18,20,21);1-2H3/b11-10+,15-13-;. The molecule has 0 saturated heterocycles. The number of nitrogens with zero attached hydrogens (tertiary/aromatic N) is 1. The van der Waals surface area contributed by atoms with Gasteiger partial charge in [-0.05, 0) is 33.9 Å². The SMILES string of the molecule is CC.CNCCN(C)/C(C)=C(/C=C(\C)C(C)C(=O)NC(C)=O)OC. The van der Waals surface area contributed by atoms with Gasteiger partial charge >= 0.3 is 0 Å². The Kier molecular flexibility index (Phi) is 13.8. The average molecular weight is 341 g/mol. The summed E-state index contributed by atoms with van der Waals surface area (Å²) in [6, 6.07) is 0. The van der Waals surface area contributed by atoms with Gasteiger partial charge in [0.1, 0.15) is 5.76 Å². The molecule has 0 aromatic carbocycles. The van der Waals surface area contributed by atoms with E-state index in [4.69, 9.17) is 4.74 Å². The van der Waals surface area contributed by atoms with Crippen molar-refractivity contribution in [1.29, 1.82) is 0 Å². The molecule has 0 fully saturated rings. The van der Waals surface area contributed by atoms with Gasteiger partial charge in [0.2, 0.25) is 11.8 Å². The molecule has 0 aliphatic heterocycles. The fourth-order valence-corrected chi connectivity index (χ4v) is 1.77. The van der Waals surface area contributed by atoms with Crippen LogP contribution < -0.4 is 10.6 Å². The molecule has 0 aliphatic rings. The molecule has 2 N–H and O–H groups in total. The number of methoxy groups -OCH3 is 1. The monoisotopic (exact) mass is 341 g/mol. The molecule has 24 heavy (non-hydrogen) atoms. The zero-order valence-corrected chi connectivity index (χ0v) is 16.7. The van der Waals surface area contributed by atoms with Crippen LogP contribution >= 0.6 is 0 Å². The predicted octanol–water partition coefficient (Wildman–Crippen LogP) is 2.29. The fourth-order valence-electron chi connectivity index (χ4n) is 1.77. The van der Waals surface area contributed by atoms with E-state index >= 15 is 0 Å². The minimum Gasteiger partial charge on any atom is -0.495 e. The summed E-state index contributed by atoms with van der Waals surface area (Å²) >= 11 is 0. The molecule has 0 spiro atoms. The second-order valence-electron chi connectivity index (χ2n) is 5.33. The summed E-state index contributed by atoms with van der Waals surface area (Å²) in [5, 5.41) is 5.40. The van der Waals surface area contributed by atoms with Crippen LogP contribution in [0.1, 0.15) is 41.5 Å². The third-order valence-electron chi connectivity index (χ3n) is 3.58. The molecule has 0 rings (SSSR count). The first-order chi connectivity index (χ1) is 11.2. The number of carbonyl (C=O) groups is 2. The van der Waals surface area contributed by atoms with E-state index < -0.39 is 5.92 Å². The number of hydrogen-bond acceptors (Lipinski definition) is 5. The predicted molar refractivity (Wildman–Crippen MR) is 99.4 cm³/mol. The number of amides is 2. The highest BCUT2D eigenvalue weighted by atomic mass is 16.5. The Bertz CT molecular complexity index is 456. The first-order valence-electron chi connectivity index (χ1n) is 8.34. The lowest BCUT2D eigenvalue weighted by atomic mass is 10.0. The van der Waals surface area contributed by atoms with Gasteiger partial charge in [-0.3, -0.25) is 14.9 Å². The maximum absolute atomic E-state index is 11.9. The van der Waals surface area contributed by atoms with Crippen LogP contribution in [0.5, 0.6) is 0 Å². The summed E-state index contributed by atoms with van der Waals surface area (Å²) in [7, 11) is 5.50. The third-order valence-corrected chi connectivity index (χ3v) is 3.58. The van der Waals surface area contributed by atoms with Crippen molar-refractivity contribution < 1.29 is 14.3 Å². The van der Waals surface area contributed by atoms with Crippen LogP contribution in [0.4, 0.5) is 0 Å². The van der Waals surface area contributed by atoms with E-state index in [1.54, 1.807) is 14.0 Å². The highest BCUT2D eigenvalue weighted by molar-refractivity contribution is 5.96. The van der Waals surface area contributed by atoms with Crippen LogP contribution in [0.25, 0.3) is 0 Å². The van der Waals surface area contributed by atoms with Gasteiger partial charge in [-0.2, -0.15) is 0 Å². The summed E-state index contributed by atoms with van der Waals surface area (Å²) < 4.78 is 5.44. The smallest absolute Gasteiger partial charge is 0.233 e. The summed E-state index contributed by atoms with van der Waals surface area (Å²) in [4.78, 5) is 24.9. The van der Waals surface area contributed by atoms with Crippen LogP contribution in [0, 0.1) is 5.92 Å². The number of allylic oxidation sites excluding steroid dienone is 2. The number of nitrogens with one attached hydrogen (secondary N) is 2. The van der Waals surface area contributed by atoms with Gasteiger partial charge in [-0.25, -0.2) is 0 Å². The molecule has 140 valence electrons. The van der Waals surface area contributed by atoms with Crippen LogP contribution in [0.2, 0.25) is 0 Å². The highest BCUT2D eigenvalue weighted by Crippen LogP contribution is 2.17. The summed E-state index contributed by atoms with van der Waals surface area (Å²) in [5.41, 5.74) is 1.81. The maximum atomic E-state index is 11.9. The van der Waals surface area contributed by atoms with E-state index in [9.17, 15) is 9.59 Å². The molecule has 6 heteroatoms. The van der Waals surface area contributed by atoms with Gasteiger partial charge < -0.3 is 15.0 Å². The molecule has 0 aliphatic carbocycles. The highest BCUT2D eigenvalue weighted by Gasteiger charge is 2.17. The summed E-state index contributed by atoms with van der Waals surface area (Å²) in [6.45, 7) is 12.6. The average Bonchev–Trinajstić information content (AvgIpc) is 2.56. The van der Waals surface area contributed by atoms with Crippen molar-refractivity contribution in [3.05, 3.63) is 23.1 Å². The molecule has 0 aromatic heterocycles. The normalized spacial score (nSPS) is 13.1. The number of likely N-dealkylation sites (N-methyl/N-ethyl adjacent to an activating group) is 2. The van der Waals surface area contributed by atoms with E-state index in [0.29, 0.717) is 5.76 Å². The minimum absolute atomic E-state index is 0.308. The third kappa shape index (κ3) is 9.35. The molecule has 2 amide bonds. The maximum Gasteiger partial charge on any atom is 0.233 e. The van der Waals surface area contributed by atoms with Crippen molar-refractivity contribution in [2.75, 3.05) is 34.3 Å². The largest absolute Gasteiger partial charge is 0.495 e. The zero-order valence-electron chi connectivity index (χ0n) is 16.7. The number of carbonyl (C=O) groups excluding carboxylic acids is 2. The summed E-state index contributed by atoms with van der Waals surface area (Å²) in [5.74, 6) is -0.351. The Balaban J connectivity index is 0. The molecular weight excluding hydrogens is 306 g/mol. The van der Waals surface area contributed by atoms with Gasteiger partial charge in [0.05, 0.1) is 18.7 Å². The van der Waals surface area contributed by atoms with Gasteiger partial charge in [0.25, 0.3) is 0 Å². The zero-order chi connectivity index (χ0) is 19.3. The van der Waals surface area contributed by atoms with E-state index in [0.717, 1.165) is 24.4 Å². The van der Waals surface area contributed by atoms with Gasteiger partial charge in [0, 0.05) is 27.1 Å². The molecule has 1 unspecified atom stereocenters. The number of hydrogen-bond donors (Lipinski definition) is 2. The van der Waals surface area contributed by atoms with E-state index in [-0.39, 0.29) is 11.8 Å². The second kappa shape index (κ2) is 13.6. The molecule has 0 heterocycles. The van der Waals surface area contributed by atoms with Crippen LogP contribution in [-0.2, 0) is 14.3 Å². The molecular formula is C18H35N3O3. The van der Waals surface area contributed by atoms with Crippen molar-refractivity contribution in [3.8, 4) is 0 Å². The Morgan fingerprint density at radius 1 is 1.21 bits per heavy atom. The van der Waals surface area contributed by atoms with Gasteiger partial charge in [-0.1, -0.05) is 19.4 Å². The Hall–Kier alpha value is -1.82. The van der Waals surface area contributed by atoms with Crippen molar-refractivity contribution in [3.63, 3.8) is 0 Å². The first kappa shape index (κ1) is 24.4. The molecule has 0 radical (unpaired) electrons. The molecule has 0 bridgehead atoms. The number of imide groups is 1. The van der Waals surface area contributed by atoms with Crippen LogP contribution in [-0.4, -0.2) is 51.0 Å². The lowest BCUT2D eigenvalue weighted by Crippen LogP contribution is -2.33. The van der Waals surface area contributed by atoms with Crippen molar-refractivity contribution >= 4 is 11.8 Å². The van der Waals surface area contributed by atoms with Crippen LogP contribution in [0.15, 0.2) is 23.1 Å². The minimum atomic E-state index is -0.399. The first-order valence-corrected chi connectivity index (χ1v) is 8.34. The van der Waals surface area contributed by atoms with Crippen molar-refractivity contribution in [2.45, 2.75) is 41.5 Å².